The van der Waals surface area contributed by atoms with Crippen molar-refractivity contribution >= 4 is 28.7 Å². The first-order valence-electron chi connectivity index (χ1n) is 7.78. The van der Waals surface area contributed by atoms with Crippen LogP contribution in [0.4, 0.5) is 10.5 Å². The van der Waals surface area contributed by atoms with Gasteiger partial charge in [0.05, 0.1) is 5.39 Å². The summed E-state index contributed by atoms with van der Waals surface area (Å²) in [6.07, 6.45) is -0.849. The number of primary amides is 1. The number of anilines is 1. The van der Waals surface area contributed by atoms with Crippen LogP contribution in [0.3, 0.4) is 0 Å². The van der Waals surface area contributed by atoms with Gasteiger partial charge in [-0.05, 0) is 23.8 Å². The quantitative estimate of drug-likeness (QED) is 0.420. The molecule has 2 aromatic carbocycles. The smallest absolute Gasteiger partial charge is 0.413 e. The Morgan fingerprint density at radius 3 is 2.21 bits per heavy atom. The maximum Gasteiger partial charge on any atom is 0.413 e. The lowest BCUT2D eigenvalue weighted by Gasteiger charge is -2.26. The number of phenolic OH excluding ortho intramolecular Hbond substituents is 3. The predicted octanol–water partition coefficient (Wildman–Crippen LogP) is 1.62. The van der Waals surface area contributed by atoms with Crippen LogP contribution >= 0.6 is 0 Å². The van der Waals surface area contributed by atoms with Crippen molar-refractivity contribution in [2.45, 2.75) is 6.04 Å². The van der Waals surface area contributed by atoms with E-state index in [-0.39, 0.29) is 22.3 Å². The molecule has 28 heavy (non-hydrogen) atoms. The van der Waals surface area contributed by atoms with E-state index in [2.05, 4.69) is 0 Å². The summed E-state index contributed by atoms with van der Waals surface area (Å²) >= 11 is 0. The van der Waals surface area contributed by atoms with E-state index in [0.717, 1.165) is 18.4 Å². The van der Waals surface area contributed by atoms with Crippen molar-refractivity contribution in [2.75, 3.05) is 4.90 Å². The first-order valence-corrected chi connectivity index (χ1v) is 7.78. The van der Waals surface area contributed by atoms with Gasteiger partial charge in [-0.15, -0.1) is 0 Å². The topological polar surface area (TPSA) is 175 Å². The molecule has 3 rings (SSSR count). The summed E-state index contributed by atoms with van der Waals surface area (Å²) in [6, 6.07) is 5.35. The van der Waals surface area contributed by atoms with E-state index in [0.29, 0.717) is 4.90 Å². The number of hydrogen-bond donors (Lipinski definition) is 5. The fourth-order valence-corrected chi connectivity index (χ4v) is 2.76. The zero-order chi connectivity index (χ0) is 20.6. The summed E-state index contributed by atoms with van der Waals surface area (Å²) in [6.45, 7) is 0. The summed E-state index contributed by atoms with van der Waals surface area (Å²) in [5.41, 5.74) is 3.99. The standard InChI is InChI=1S/C18H14N2O8/c19-17(25)15(8-1-3-9(21)4-2-8)20(18(26)27)11-7-28-14-6-13(23)12(22)5-10(14)16(11)24/h1-7,15,21-23H,(H2,19,25)(H,26,27). The molecule has 144 valence electrons. The maximum absolute atomic E-state index is 12.8. The van der Waals surface area contributed by atoms with Crippen LogP contribution in [0.15, 0.2) is 51.9 Å². The molecule has 0 radical (unpaired) electrons. The van der Waals surface area contributed by atoms with Gasteiger partial charge in [0.15, 0.2) is 11.5 Å². The third-order valence-corrected chi connectivity index (χ3v) is 4.05. The third kappa shape index (κ3) is 3.14. The number of carboxylic acid groups (broad SMARTS) is 1. The minimum Gasteiger partial charge on any atom is -0.508 e. The van der Waals surface area contributed by atoms with Gasteiger partial charge in [0.2, 0.25) is 11.3 Å². The molecule has 1 atom stereocenters. The normalized spacial score (nSPS) is 11.9. The fourth-order valence-electron chi connectivity index (χ4n) is 2.76. The van der Waals surface area contributed by atoms with Crippen molar-refractivity contribution < 1.29 is 34.4 Å². The Morgan fingerprint density at radius 1 is 1.04 bits per heavy atom. The van der Waals surface area contributed by atoms with E-state index in [1.807, 2.05) is 0 Å². The highest BCUT2D eigenvalue weighted by Crippen LogP contribution is 2.32. The minimum atomic E-state index is -1.66. The number of fused-ring (bicyclic) bond motifs is 1. The molecule has 0 aliphatic carbocycles. The second kappa shape index (κ2) is 6.83. The Hall–Kier alpha value is -4.21. The van der Waals surface area contributed by atoms with Crippen LogP contribution in [0.25, 0.3) is 11.0 Å². The number of carbonyl (C=O) groups excluding carboxylic acids is 1. The van der Waals surface area contributed by atoms with Crippen LogP contribution in [-0.4, -0.2) is 32.4 Å². The number of carbonyl (C=O) groups is 2. The van der Waals surface area contributed by atoms with Gasteiger partial charge in [-0.25, -0.2) is 4.79 Å². The van der Waals surface area contributed by atoms with Crippen molar-refractivity contribution in [2.24, 2.45) is 5.73 Å². The Balaban J connectivity index is 2.24. The van der Waals surface area contributed by atoms with Crippen molar-refractivity contribution in [3.05, 3.63) is 58.4 Å². The highest BCUT2D eigenvalue weighted by atomic mass is 16.4. The average Bonchev–Trinajstić information content (AvgIpc) is 2.63. The first-order chi connectivity index (χ1) is 13.2. The van der Waals surface area contributed by atoms with Crippen LogP contribution in [-0.2, 0) is 4.79 Å². The molecule has 0 fully saturated rings. The van der Waals surface area contributed by atoms with Crippen LogP contribution in [0, 0.1) is 0 Å². The van der Waals surface area contributed by atoms with Gasteiger partial charge < -0.3 is 30.6 Å². The lowest BCUT2D eigenvalue weighted by molar-refractivity contribution is -0.119. The number of nitrogens with two attached hydrogens (primary N) is 1. The van der Waals surface area contributed by atoms with E-state index < -0.39 is 40.7 Å². The SMILES string of the molecule is NC(=O)C(c1ccc(O)cc1)N(C(=O)O)c1coc2cc(O)c(O)cc2c1=O. The Labute approximate surface area is 156 Å². The number of benzene rings is 2. The summed E-state index contributed by atoms with van der Waals surface area (Å²) in [5, 5.41) is 38.0. The van der Waals surface area contributed by atoms with Gasteiger partial charge in [0.1, 0.15) is 29.3 Å². The molecule has 2 amide bonds. The Morgan fingerprint density at radius 2 is 1.64 bits per heavy atom. The van der Waals surface area contributed by atoms with Gasteiger partial charge in [-0.1, -0.05) is 12.1 Å². The molecule has 1 heterocycles. The Bertz CT molecular complexity index is 1140. The van der Waals surface area contributed by atoms with Gasteiger partial charge >= 0.3 is 6.09 Å². The van der Waals surface area contributed by atoms with E-state index in [4.69, 9.17) is 10.2 Å². The predicted molar refractivity (Wildman–Crippen MR) is 96.4 cm³/mol. The molecular formula is C18H14N2O8. The van der Waals surface area contributed by atoms with Crippen LogP contribution < -0.4 is 16.1 Å². The van der Waals surface area contributed by atoms with E-state index in [1.165, 1.54) is 24.3 Å². The second-order valence-corrected chi connectivity index (χ2v) is 5.84. The number of nitrogens with zero attached hydrogens (tertiary/aromatic N) is 1. The number of phenols is 3. The van der Waals surface area contributed by atoms with Gasteiger partial charge in [0, 0.05) is 6.07 Å². The summed E-state index contributed by atoms with van der Waals surface area (Å²) in [4.78, 5) is 37.2. The molecule has 1 unspecified atom stereocenters. The van der Waals surface area contributed by atoms with Gasteiger partial charge in [0.25, 0.3) is 0 Å². The molecule has 0 bridgehead atoms. The van der Waals surface area contributed by atoms with E-state index >= 15 is 0 Å². The molecule has 10 nitrogen and oxygen atoms in total. The molecule has 0 aliphatic heterocycles. The molecule has 6 N–H and O–H groups in total. The molecule has 1 aromatic heterocycles. The zero-order valence-corrected chi connectivity index (χ0v) is 14.1. The van der Waals surface area contributed by atoms with Crippen molar-refractivity contribution in [1.82, 2.24) is 0 Å². The lowest BCUT2D eigenvalue weighted by Crippen LogP contribution is -2.43. The number of hydrogen-bond acceptors (Lipinski definition) is 7. The number of amides is 2. The van der Waals surface area contributed by atoms with Crippen LogP contribution in [0.1, 0.15) is 11.6 Å². The third-order valence-electron chi connectivity index (χ3n) is 4.05. The average molecular weight is 386 g/mol. The largest absolute Gasteiger partial charge is 0.508 e. The van der Waals surface area contributed by atoms with E-state index in [1.54, 1.807) is 0 Å². The molecule has 0 saturated heterocycles. The molecule has 0 saturated carbocycles. The number of rotatable bonds is 4. The molecule has 3 aromatic rings. The van der Waals surface area contributed by atoms with Crippen molar-refractivity contribution in [3.8, 4) is 17.2 Å². The van der Waals surface area contributed by atoms with Gasteiger partial charge in [-0.3, -0.25) is 14.5 Å². The maximum atomic E-state index is 12.8. The monoisotopic (exact) mass is 386 g/mol. The summed E-state index contributed by atoms with van der Waals surface area (Å²) < 4.78 is 5.21. The lowest BCUT2D eigenvalue weighted by atomic mass is 10.0. The first kappa shape index (κ1) is 18.6. The minimum absolute atomic E-state index is 0.102. The van der Waals surface area contributed by atoms with Crippen LogP contribution in [0.5, 0.6) is 17.2 Å². The van der Waals surface area contributed by atoms with Crippen LogP contribution in [0.2, 0.25) is 0 Å². The highest BCUT2D eigenvalue weighted by Gasteiger charge is 2.33. The van der Waals surface area contributed by atoms with Gasteiger partial charge in [-0.2, -0.15) is 0 Å². The second-order valence-electron chi connectivity index (χ2n) is 5.84. The zero-order valence-electron chi connectivity index (χ0n) is 14.1. The van der Waals surface area contributed by atoms with Crippen molar-refractivity contribution in [3.63, 3.8) is 0 Å². The summed E-state index contributed by atoms with van der Waals surface area (Å²) in [5.74, 6) is -2.32. The molecule has 10 heteroatoms. The fraction of sp³-hybridized carbons (Fsp3) is 0.0556. The Kier molecular flexibility index (Phi) is 4.53. The van der Waals surface area contributed by atoms with E-state index in [9.17, 15) is 34.8 Å². The van der Waals surface area contributed by atoms with Crippen molar-refractivity contribution in [1.29, 1.82) is 0 Å². The molecular weight excluding hydrogens is 372 g/mol. The number of aromatic hydroxyl groups is 3. The summed E-state index contributed by atoms with van der Waals surface area (Å²) in [7, 11) is 0. The highest BCUT2D eigenvalue weighted by molar-refractivity contribution is 5.98. The molecule has 0 aliphatic rings. The molecule has 0 spiro atoms.